The monoisotopic (exact) mass is 298 g/mol. The summed E-state index contributed by atoms with van der Waals surface area (Å²) in [6.45, 7) is 7.51. The van der Waals surface area contributed by atoms with E-state index < -0.39 is 8.32 Å². The summed E-state index contributed by atoms with van der Waals surface area (Å²) in [4.78, 5) is 0. The minimum absolute atomic E-state index is 0.203. The van der Waals surface area contributed by atoms with Crippen LogP contribution in [0.5, 0.6) is 0 Å². The first-order valence-electron chi connectivity index (χ1n) is 7.19. The maximum Gasteiger partial charge on any atom is 0.192 e. The lowest BCUT2D eigenvalue weighted by molar-refractivity contribution is 0.248. The summed E-state index contributed by atoms with van der Waals surface area (Å²) in [5, 5.41) is 0.770. The molecule has 1 saturated heterocycles. The van der Waals surface area contributed by atoms with Crippen molar-refractivity contribution in [2.24, 2.45) is 0 Å². The van der Waals surface area contributed by atoms with Crippen molar-refractivity contribution in [1.29, 1.82) is 0 Å². The van der Waals surface area contributed by atoms with Gasteiger partial charge in [0.05, 0.1) is 6.61 Å². The number of rotatable bonds is 7. The fraction of sp³-hybridized carbons (Fsp3) is 0.600. The summed E-state index contributed by atoms with van der Waals surface area (Å²) in [6, 6.07) is 11.5. The third-order valence-corrected chi connectivity index (χ3v) is 9.16. The molecule has 0 aliphatic carbocycles. The van der Waals surface area contributed by atoms with E-state index in [2.05, 4.69) is 20.8 Å². The summed E-state index contributed by atoms with van der Waals surface area (Å²) >= 11 is 5.89. The van der Waals surface area contributed by atoms with Gasteiger partial charge in [-0.25, -0.2) is 0 Å². The summed E-state index contributed by atoms with van der Waals surface area (Å²) in [6.07, 6.45) is 0.437. The Morgan fingerprint density at radius 3 is 2.21 bits per heavy atom. The fourth-order valence-corrected chi connectivity index (χ4v) is 5.29. The molecule has 2 nitrogen and oxygen atoms in total. The molecule has 2 atom stereocenters. The van der Waals surface area contributed by atoms with E-state index in [4.69, 9.17) is 20.8 Å². The standard InChI is InChI=1S/C15H23ClO2Si/c1-4-19(5-2,6-3)17-11-14-15(18-14)12-7-9-13(16)10-8-12/h7-10,14-15H,4-6,11H2,1-3H3/t14-,15-/m0/s1. The van der Waals surface area contributed by atoms with Crippen molar-refractivity contribution in [1.82, 2.24) is 0 Å². The van der Waals surface area contributed by atoms with Crippen LogP contribution < -0.4 is 0 Å². The van der Waals surface area contributed by atoms with Crippen LogP contribution in [0.3, 0.4) is 0 Å². The Labute approximate surface area is 122 Å². The highest BCUT2D eigenvalue weighted by atomic mass is 35.5. The molecule has 0 unspecified atom stereocenters. The smallest absolute Gasteiger partial charge is 0.192 e. The molecule has 19 heavy (non-hydrogen) atoms. The second-order valence-electron chi connectivity index (χ2n) is 5.20. The largest absolute Gasteiger partial charge is 0.414 e. The predicted octanol–water partition coefficient (Wildman–Crippen LogP) is 4.80. The second kappa shape index (κ2) is 6.40. The highest BCUT2D eigenvalue weighted by Crippen LogP contribution is 2.40. The molecule has 1 heterocycles. The molecular formula is C15H23ClO2Si. The Bertz CT molecular complexity index is 395. The summed E-state index contributed by atoms with van der Waals surface area (Å²) in [5.74, 6) is 0. The first-order valence-corrected chi connectivity index (χ1v) is 10.1. The molecule has 0 bridgehead atoms. The van der Waals surface area contributed by atoms with Gasteiger partial charge in [-0.15, -0.1) is 0 Å². The molecule has 4 heteroatoms. The number of hydrogen-bond donors (Lipinski definition) is 0. The lowest BCUT2D eigenvalue weighted by atomic mass is 10.1. The Hall–Kier alpha value is -0.353. The molecule has 106 valence electrons. The van der Waals surface area contributed by atoms with Crippen LogP contribution in [-0.4, -0.2) is 21.0 Å². The van der Waals surface area contributed by atoms with Crippen LogP contribution in [0.1, 0.15) is 32.4 Å². The molecule has 0 N–H and O–H groups in total. The Kier molecular flexibility index (Phi) is 5.07. The SMILES string of the molecule is CC[Si](CC)(CC)OC[C@@H]1O[C@H]1c1ccc(Cl)cc1. The maximum absolute atomic E-state index is 6.26. The topological polar surface area (TPSA) is 21.8 Å². The summed E-state index contributed by atoms with van der Waals surface area (Å²) in [5.41, 5.74) is 1.20. The van der Waals surface area contributed by atoms with Crippen LogP contribution in [0, 0.1) is 0 Å². The zero-order valence-corrected chi connectivity index (χ0v) is 13.7. The van der Waals surface area contributed by atoms with Gasteiger partial charge in [-0.3, -0.25) is 0 Å². The molecule has 0 radical (unpaired) electrons. The van der Waals surface area contributed by atoms with Crippen LogP contribution in [0.15, 0.2) is 24.3 Å². The van der Waals surface area contributed by atoms with Gasteiger partial charge in [0, 0.05) is 5.02 Å². The Morgan fingerprint density at radius 1 is 1.11 bits per heavy atom. The number of ether oxygens (including phenoxy) is 1. The van der Waals surface area contributed by atoms with Crippen LogP contribution in [0.4, 0.5) is 0 Å². The van der Waals surface area contributed by atoms with Crippen molar-refractivity contribution in [3.63, 3.8) is 0 Å². The molecule has 1 fully saturated rings. The van der Waals surface area contributed by atoms with Crippen molar-refractivity contribution in [2.75, 3.05) is 6.61 Å². The van der Waals surface area contributed by atoms with Crippen molar-refractivity contribution >= 4 is 19.9 Å². The zero-order chi connectivity index (χ0) is 13.9. The maximum atomic E-state index is 6.26. The van der Waals surface area contributed by atoms with E-state index in [1.807, 2.05) is 24.3 Å². The van der Waals surface area contributed by atoms with Gasteiger partial charge in [0.25, 0.3) is 0 Å². The number of hydrogen-bond acceptors (Lipinski definition) is 2. The first kappa shape index (κ1) is 15.0. The van der Waals surface area contributed by atoms with Gasteiger partial charge in [0.1, 0.15) is 12.2 Å². The third kappa shape index (κ3) is 3.60. The van der Waals surface area contributed by atoms with Gasteiger partial charge >= 0.3 is 0 Å². The van der Waals surface area contributed by atoms with Crippen molar-refractivity contribution in [2.45, 2.75) is 51.1 Å². The van der Waals surface area contributed by atoms with Gasteiger partial charge in [-0.2, -0.15) is 0 Å². The minimum Gasteiger partial charge on any atom is -0.414 e. The average Bonchev–Trinajstić information content (AvgIpc) is 3.21. The number of halogens is 1. The third-order valence-electron chi connectivity index (χ3n) is 4.27. The van der Waals surface area contributed by atoms with Crippen molar-refractivity contribution in [3.05, 3.63) is 34.9 Å². The zero-order valence-electron chi connectivity index (χ0n) is 12.0. The molecule has 0 spiro atoms. The lowest BCUT2D eigenvalue weighted by Gasteiger charge is -2.27. The molecule has 1 aliphatic rings. The average molecular weight is 299 g/mol. The van der Waals surface area contributed by atoms with E-state index in [1.54, 1.807) is 0 Å². The molecule has 0 amide bonds. The highest BCUT2D eigenvalue weighted by molar-refractivity contribution is 6.73. The van der Waals surface area contributed by atoms with Crippen molar-refractivity contribution < 1.29 is 9.16 Å². The van der Waals surface area contributed by atoms with E-state index in [0.29, 0.717) is 0 Å². The summed E-state index contributed by atoms with van der Waals surface area (Å²) in [7, 11) is -1.48. The van der Waals surface area contributed by atoms with Gasteiger partial charge in [-0.05, 0) is 35.8 Å². The van der Waals surface area contributed by atoms with E-state index >= 15 is 0 Å². The number of benzene rings is 1. The van der Waals surface area contributed by atoms with E-state index in [-0.39, 0.29) is 12.2 Å². The van der Waals surface area contributed by atoms with E-state index in [0.717, 1.165) is 11.6 Å². The normalized spacial score (nSPS) is 22.5. The molecular weight excluding hydrogens is 276 g/mol. The fourth-order valence-electron chi connectivity index (χ4n) is 2.53. The van der Waals surface area contributed by atoms with Crippen LogP contribution in [0.25, 0.3) is 0 Å². The van der Waals surface area contributed by atoms with Gasteiger partial charge < -0.3 is 9.16 Å². The first-order chi connectivity index (χ1) is 9.14. The second-order valence-corrected chi connectivity index (χ2v) is 10.4. The number of epoxide rings is 1. The molecule has 0 aromatic heterocycles. The van der Waals surface area contributed by atoms with Crippen LogP contribution >= 0.6 is 11.6 Å². The molecule has 0 saturated carbocycles. The lowest BCUT2D eigenvalue weighted by Crippen LogP contribution is -2.37. The van der Waals surface area contributed by atoms with Gasteiger partial charge in [0.15, 0.2) is 8.32 Å². The Balaban J connectivity index is 1.85. The predicted molar refractivity (Wildman–Crippen MR) is 82.2 cm³/mol. The minimum atomic E-state index is -1.48. The Morgan fingerprint density at radius 2 is 1.68 bits per heavy atom. The summed E-state index contributed by atoms with van der Waals surface area (Å²) < 4.78 is 12.0. The molecule has 1 aliphatic heterocycles. The van der Waals surface area contributed by atoms with Crippen LogP contribution in [0.2, 0.25) is 23.2 Å². The molecule has 2 rings (SSSR count). The quantitative estimate of drug-likeness (QED) is 0.533. The van der Waals surface area contributed by atoms with Crippen LogP contribution in [-0.2, 0) is 9.16 Å². The molecule has 1 aromatic carbocycles. The van der Waals surface area contributed by atoms with E-state index in [9.17, 15) is 0 Å². The van der Waals surface area contributed by atoms with E-state index in [1.165, 1.54) is 23.7 Å². The molecule has 1 aromatic rings. The van der Waals surface area contributed by atoms with Crippen molar-refractivity contribution in [3.8, 4) is 0 Å². The highest BCUT2D eigenvalue weighted by Gasteiger charge is 2.42. The van der Waals surface area contributed by atoms with Gasteiger partial charge in [-0.1, -0.05) is 44.5 Å². The van der Waals surface area contributed by atoms with Gasteiger partial charge in [0.2, 0.25) is 0 Å².